The highest BCUT2D eigenvalue weighted by molar-refractivity contribution is 5.89. The topological polar surface area (TPSA) is 26.3 Å². The second-order valence-corrected chi connectivity index (χ2v) is 3.90. The van der Waals surface area contributed by atoms with Crippen LogP contribution in [0, 0.1) is 5.92 Å². The molecule has 15 heavy (non-hydrogen) atoms. The lowest BCUT2D eigenvalue weighted by Crippen LogP contribution is -2.11. The van der Waals surface area contributed by atoms with Gasteiger partial charge in [-0.3, -0.25) is 0 Å². The van der Waals surface area contributed by atoms with Crippen LogP contribution < -0.4 is 4.74 Å². The predicted octanol–water partition coefficient (Wildman–Crippen LogP) is 3.19. The van der Waals surface area contributed by atoms with Crippen molar-refractivity contribution in [2.75, 3.05) is 0 Å². The second kappa shape index (κ2) is 5.35. The van der Waals surface area contributed by atoms with Crippen molar-refractivity contribution in [2.45, 2.75) is 20.3 Å². The Hall–Kier alpha value is -1.57. The third kappa shape index (κ3) is 3.98. The van der Waals surface area contributed by atoms with E-state index in [9.17, 15) is 4.79 Å². The van der Waals surface area contributed by atoms with E-state index in [0.717, 1.165) is 0 Å². The smallest absolute Gasteiger partial charge is 0.338 e. The van der Waals surface area contributed by atoms with Gasteiger partial charge in [-0.25, -0.2) is 4.79 Å². The van der Waals surface area contributed by atoms with Crippen molar-refractivity contribution in [3.63, 3.8) is 0 Å². The quantitative estimate of drug-likeness (QED) is 0.427. The molecule has 0 unspecified atom stereocenters. The summed E-state index contributed by atoms with van der Waals surface area (Å²) in [6, 6.07) is 9.03. The summed E-state index contributed by atoms with van der Waals surface area (Å²) in [7, 11) is 0. The zero-order valence-electron chi connectivity index (χ0n) is 9.19. The molecular weight excluding hydrogens is 188 g/mol. The maximum absolute atomic E-state index is 11.5. The first-order valence-corrected chi connectivity index (χ1v) is 5.04. The molecule has 0 radical (unpaired) electrons. The van der Waals surface area contributed by atoms with E-state index >= 15 is 0 Å². The molecule has 80 valence electrons. The molecule has 0 aromatic heterocycles. The van der Waals surface area contributed by atoms with Crippen molar-refractivity contribution in [2.24, 2.45) is 5.92 Å². The number of hydrogen-bond donors (Lipinski definition) is 0. The Morgan fingerprint density at radius 3 is 2.47 bits per heavy atom. The number of benzene rings is 1. The molecule has 0 aliphatic carbocycles. The van der Waals surface area contributed by atoms with Crippen LogP contribution in [0.15, 0.2) is 42.5 Å². The number of rotatable bonds is 4. The molecule has 0 atom stereocenters. The Kier molecular flexibility index (Phi) is 4.10. The first-order valence-electron chi connectivity index (χ1n) is 5.04. The molecule has 0 saturated heterocycles. The Labute approximate surface area is 90.6 Å². The highest BCUT2D eigenvalue weighted by atomic mass is 16.5. The van der Waals surface area contributed by atoms with Crippen molar-refractivity contribution in [3.05, 3.63) is 42.5 Å². The lowest BCUT2D eigenvalue weighted by Gasteiger charge is -2.08. The van der Waals surface area contributed by atoms with Crippen molar-refractivity contribution in [1.82, 2.24) is 0 Å². The molecule has 1 aromatic rings. The van der Waals surface area contributed by atoms with E-state index in [1.807, 2.05) is 32.0 Å². The summed E-state index contributed by atoms with van der Waals surface area (Å²) in [6.45, 7) is 7.80. The van der Waals surface area contributed by atoms with Gasteiger partial charge >= 0.3 is 5.97 Å². The summed E-state index contributed by atoms with van der Waals surface area (Å²) in [6.07, 6.45) is 0.672. The van der Waals surface area contributed by atoms with Crippen LogP contribution >= 0.6 is 0 Å². The van der Waals surface area contributed by atoms with Crippen LogP contribution in [0.1, 0.15) is 20.3 Å². The van der Waals surface area contributed by atoms with Gasteiger partial charge in [-0.05, 0) is 24.5 Å². The molecule has 0 fully saturated rings. The third-order valence-electron chi connectivity index (χ3n) is 1.90. The molecular formula is C13H16O2. The largest absolute Gasteiger partial charge is 0.423 e. The van der Waals surface area contributed by atoms with Gasteiger partial charge in [-0.1, -0.05) is 38.6 Å². The standard InChI is InChI=1S/C13H16O2/c1-10(2)9-11(3)13(14)15-12-7-5-4-6-8-12/h4-8,10H,3,9H2,1-2H3. The second-order valence-electron chi connectivity index (χ2n) is 3.90. The highest BCUT2D eigenvalue weighted by Crippen LogP contribution is 2.14. The first kappa shape index (κ1) is 11.5. The molecule has 0 amide bonds. The van der Waals surface area contributed by atoms with E-state index in [-0.39, 0.29) is 5.97 Å². The summed E-state index contributed by atoms with van der Waals surface area (Å²) in [5.41, 5.74) is 0.522. The fraction of sp³-hybridized carbons (Fsp3) is 0.308. The molecule has 0 aliphatic heterocycles. The van der Waals surface area contributed by atoms with Crippen LogP contribution in [0.25, 0.3) is 0 Å². The molecule has 0 aliphatic rings. The van der Waals surface area contributed by atoms with Crippen LogP contribution in [-0.2, 0) is 4.79 Å². The van der Waals surface area contributed by atoms with Gasteiger partial charge in [0.2, 0.25) is 0 Å². The van der Waals surface area contributed by atoms with Crippen LogP contribution in [0.5, 0.6) is 5.75 Å². The van der Waals surface area contributed by atoms with Crippen LogP contribution in [0.3, 0.4) is 0 Å². The van der Waals surface area contributed by atoms with Gasteiger partial charge in [0.25, 0.3) is 0 Å². The molecule has 0 bridgehead atoms. The molecule has 0 saturated carbocycles. The average molecular weight is 204 g/mol. The van der Waals surface area contributed by atoms with Crippen molar-refractivity contribution >= 4 is 5.97 Å². The molecule has 0 N–H and O–H groups in total. The zero-order chi connectivity index (χ0) is 11.3. The summed E-state index contributed by atoms with van der Waals surface area (Å²) in [5, 5.41) is 0. The summed E-state index contributed by atoms with van der Waals surface area (Å²) < 4.78 is 5.14. The van der Waals surface area contributed by atoms with Gasteiger partial charge < -0.3 is 4.74 Å². The monoisotopic (exact) mass is 204 g/mol. The number of carbonyl (C=O) groups is 1. The first-order chi connectivity index (χ1) is 7.09. The van der Waals surface area contributed by atoms with Gasteiger partial charge in [-0.2, -0.15) is 0 Å². The maximum atomic E-state index is 11.5. The molecule has 0 spiro atoms. The lowest BCUT2D eigenvalue weighted by molar-refractivity contribution is -0.130. The van der Waals surface area contributed by atoms with Crippen molar-refractivity contribution in [1.29, 1.82) is 0 Å². The van der Waals surface area contributed by atoms with E-state index in [0.29, 0.717) is 23.7 Å². The maximum Gasteiger partial charge on any atom is 0.338 e. The van der Waals surface area contributed by atoms with Gasteiger partial charge in [0.1, 0.15) is 5.75 Å². The number of carbonyl (C=O) groups excluding carboxylic acids is 1. The molecule has 1 rings (SSSR count). The third-order valence-corrected chi connectivity index (χ3v) is 1.90. The van der Waals surface area contributed by atoms with Gasteiger partial charge in [0.05, 0.1) is 0 Å². The van der Waals surface area contributed by atoms with Crippen LogP contribution in [0.2, 0.25) is 0 Å². The van der Waals surface area contributed by atoms with E-state index in [4.69, 9.17) is 4.74 Å². The van der Waals surface area contributed by atoms with Gasteiger partial charge in [0, 0.05) is 5.57 Å². The predicted molar refractivity (Wildman–Crippen MR) is 60.7 cm³/mol. The minimum Gasteiger partial charge on any atom is -0.423 e. The van der Waals surface area contributed by atoms with E-state index in [2.05, 4.69) is 6.58 Å². The Bertz CT molecular complexity index is 339. The normalized spacial score (nSPS) is 10.1. The van der Waals surface area contributed by atoms with Crippen molar-refractivity contribution < 1.29 is 9.53 Å². The summed E-state index contributed by atoms with van der Waals surface area (Å²) >= 11 is 0. The van der Waals surface area contributed by atoms with Gasteiger partial charge in [0.15, 0.2) is 0 Å². The summed E-state index contributed by atoms with van der Waals surface area (Å²) in [5.74, 6) is 0.642. The summed E-state index contributed by atoms with van der Waals surface area (Å²) in [4.78, 5) is 11.5. The van der Waals surface area contributed by atoms with E-state index < -0.39 is 0 Å². The van der Waals surface area contributed by atoms with Crippen LogP contribution in [-0.4, -0.2) is 5.97 Å². The van der Waals surface area contributed by atoms with E-state index in [1.165, 1.54) is 0 Å². The van der Waals surface area contributed by atoms with Gasteiger partial charge in [-0.15, -0.1) is 0 Å². The Morgan fingerprint density at radius 1 is 1.33 bits per heavy atom. The fourth-order valence-corrected chi connectivity index (χ4v) is 1.24. The van der Waals surface area contributed by atoms with Crippen molar-refractivity contribution in [3.8, 4) is 5.75 Å². The Balaban J connectivity index is 2.53. The average Bonchev–Trinajstić information content (AvgIpc) is 2.18. The Morgan fingerprint density at radius 2 is 1.93 bits per heavy atom. The SMILES string of the molecule is C=C(CC(C)C)C(=O)Oc1ccccc1. The number of para-hydroxylation sites is 1. The molecule has 2 heteroatoms. The number of ether oxygens (including phenoxy) is 1. The minimum absolute atomic E-state index is 0.338. The molecule has 2 nitrogen and oxygen atoms in total. The number of esters is 1. The van der Waals surface area contributed by atoms with E-state index in [1.54, 1.807) is 12.1 Å². The zero-order valence-corrected chi connectivity index (χ0v) is 9.19. The lowest BCUT2D eigenvalue weighted by atomic mass is 10.1. The molecule has 1 aromatic carbocycles. The fourth-order valence-electron chi connectivity index (χ4n) is 1.24. The molecule has 0 heterocycles. The highest BCUT2D eigenvalue weighted by Gasteiger charge is 2.10. The number of hydrogen-bond acceptors (Lipinski definition) is 2. The minimum atomic E-state index is -0.338. The van der Waals surface area contributed by atoms with Crippen LogP contribution in [0.4, 0.5) is 0 Å².